The number of carbonyl (C=O) groups excluding carboxylic acids is 11. The lowest BCUT2D eigenvalue weighted by molar-refractivity contribution is -0.160. The molecule has 5 rings (SSSR count). The van der Waals surface area contributed by atoms with Gasteiger partial charge in [0.15, 0.2) is 5.75 Å². The Labute approximate surface area is 643 Å². The lowest BCUT2D eigenvalue weighted by Crippen LogP contribution is -2.42. The first-order valence-corrected chi connectivity index (χ1v) is 36.6. The van der Waals surface area contributed by atoms with Gasteiger partial charge in [0.1, 0.15) is 22.6 Å². The number of esters is 3. The Morgan fingerprint density at radius 3 is 1.19 bits per heavy atom. The molecule has 2 aromatic carbocycles. The highest BCUT2D eigenvalue weighted by Crippen LogP contribution is 2.29. The highest BCUT2D eigenvalue weighted by atomic mass is 16.6. The molecule has 614 valence electrons. The minimum absolute atomic E-state index is 0.0211. The summed E-state index contributed by atoms with van der Waals surface area (Å²) in [7, 11) is 0. The maximum absolute atomic E-state index is 13.2. The van der Waals surface area contributed by atoms with Crippen LogP contribution in [0.4, 0.5) is 16.2 Å². The third-order valence-corrected chi connectivity index (χ3v) is 15.1. The first-order valence-electron chi connectivity index (χ1n) is 36.6. The highest BCUT2D eigenvalue weighted by Gasteiger charge is 2.30. The number of amides is 8. The largest absolute Gasteiger partial charge is 0.506 e. The monoisotopic (exact) mass is 1550 g/mol. The van der Waals surface area contributed by atoms with Crippen molar-refractivity contribution in [1.82, 2.24) is 20.0 Å². The molecule has 3 aliphatic heterocycles. The van der Waals surface area contributed by atoms with E-state index in [0.717, 1.165) is 33.1 Å². The molecule has 0 spiro atoms. The van der Waals surface area contributed by atoms with Crippen molar-refractivity contribution in [2.75, 3.05) is 150 Å². The average Bonchev–Trinajstić information content (AvgIpc) is 1.63. The maximum atomic E-state index is 13.2. The summed E-state index contributed by atoms with van der Waals surface area (Å²) >= 11 is 0. The molecule has 0 saturated heterocycles. The summed E-state index contributed by atoms with van der Waals surface area (Å²) in [6, 6.07) is 9.47. The standard InChI is InChI=1S/C47H68N4O17.C17H27NO3.C13H19NO7/c1-33(44(58)67-46(2,3)4)30-35(48-45(59)68-47(5,6)7)31-34-8-9-37(66-43(57)15-19-61-23-27-65-29-25-63-21-17-51-41(55)12-13-42(51)56)36(32-34)49-38(52)14-18-60-22-26-64-28-24-62-20-16-50-39(53)10-11-40(50)54;1-11(8-12(2)16(20)21-17(3,4)5)9-13-6-7-15(19)14(18)10-13;15-11-1-2-12(16)14(11)4-6-20-8-10-21-9-7-19-5-3-13(17)18/h8-13,32-33,35H,14-31H2,1-7H3,(H,48,59)(H,49,52);6-7,10-12,19H,8-9,18H2,1-5H3;1-2H,3-10H2,(H,17,18)/t33?,35-;11-,12?;/m11./s1. The number of nitrogen functional groups attached to an aromatic ring is 1. The number of benzene rings is 2. The zero-order valence-corrected chi connectivity index (χ0v) is 65.6. The van der Waals surface area contributed by atoms with E-state index in [2.05, 4.69) is 17.6 Å². The molecule has 6 N–H and O–H groups in total. The van der Waals surface area contributed by atoms with Gasteiger partial charge in [-0.1, -0.05) is 32.9 Å². The first-order chi connectivity index (χ1) is 51.9. The van der Waals surface area contributed by atoms with E-state index in [9.17, 15) is 62.6 Å². The van der Waals surface area contributed by atoms with Crippen molar-refractivity contribution in [3.05, 3.63) is 84.0 Å². The Morgan fingerprint density at radius 2 is 0.800 bits per heavy atom. The van der Waals surface area contributed by atoms with Gasteiger partial charge in [-0.05, 0) is 129 Å². The SMILES string of the molecule is CC(C[C@@H](C)Cc1ccc(O)c(N)c1)C(=O)OC(C)(C)C.CC(C[C@H](Cc1ccc(OC(=O)CCOCCOCCOCCN2C(=O)C=CC2=O)c(NC(=O)CCOCCOCCOCCN2C(=O)C=CC2=O)c1)NC(=O)OC(C)(C)C)C(=O)OC(C)(C)C.O=C(O)CCOCCOCCOCCN1C(=O)C=CC1=O. The number of phenols is 1. The van der Waals surface area contributed by atoms with E-state index in [1.54, 1.807) is 72.7 Å². The Hall–Kier alpha value is -9.06. The number of hydrogen-bond donors (Lipinski definition) is 5. The van der Waals surface area contributed by atoms with Crippen LogP contribution in [-0.2, 0) is 122 Å². The highest BCUT2D eigenvalue weighted by molar-refractivity contribution is 6.14. The number of carboxylic acid groups (broad SMARTS) is 1. The molecular weight excluding hydrogens is 1440 g/mol. The molecular formula is C77H114N6O27. The normalized spacial score (nSPS) is 14.6. The second-order valence-electron chi connectivity index (χ2n) is 28.6. The van der Waals surface area contributed by atoms with Gasteiger partial charge < -0.3 is 88.2 Å². The Balaban J connectivity index is 0.000000599. The van der Waals surface area contributed by atoms with Gasteiger partial charge in [-0.25, -0.2) is 4.79 Å². The van der Waals surface area contributed by atoms with Gasteiger partial charge in [0.25, 0.3) is 35.4 Å². The number of ether oxygens (including phenoxy) is 13. The van der Waals surface area contributed by atoms with Crippen LogP contribution in [-0.4, -0.2) is 258 Å². The van der Waals surface area contributed by atoms with Crippen LogP contribution >= 0.6 is 0 Å². The number of hydrogen-bond acceptors (Lipinski definition) is 27. The lowest BCUT2D eigenvalue weighted by atomic mass is 9.91. The molecule has 0 saturated carbocycles. The van der Waals surface area contributed by atoms with E-state index >= 15 is 0 Å². The van der Waals surface area contributed by atoms with Crippen LogP contribution < -0.4 is 21.1 Å². The number of rotatable bonds is 49. The first kappa shape index (κ1) is 95.1. The van der Waals surface area contributed by atoms with Gasteiger partial charge in [-0.3, -0.25) is 67.4 Å². The number of imide groups is 3. The van der Waals surface area contributed by atoms with Crippen LogP contribution in [0.25, 0.3) is 0 Å². The maximum Gasteiger partial charge on any atom is 0.407 e. The Bertz CT molecular complexity index is 3340. The fourth-order valence-corrected chi connectivity index (χ4v) is 10.0. The number of alkyl carbamates (subject to hydrolysis) is 1. The third-order valence-electron chi connectivity index (χ3n) is 15.1. The smallest absolute Gasteiger partial charge is 0.407 e. The fourth-order valence-electron chi connectivity index (χ4n) is 10.0. The molecule has 0 radical (unpaired) electrons. The van der Waals surface area contributed by atoms with Crippen molar-refractivity contribution in [2.45, 2.75) is 151 Å². The summed E-state index contributed by atoms with van der Waals surface area (Å²) in [5, 5.41) is 23.4. The topological polar surface area (TPSA) is 425 Å². The van der Waals surface area contributed by atoms with E-state index in [4.69, 9.17) is 72.4 Å². The zero-order valence-electron chi connectivity index (χ0n) is 65.6. The summed E-state index contributed by atoms with van der Waals surface area (Å²) in [5.41, 5.74) is 6.02. The van der Waals surface area contributed by atoms with Crippen molar-refractivity contribution in [3.8, 4) is 11.5 Å². The second-order valence-corrected chi connectivity index (χ2v) is 28.6. The van der Waals surface area contributed by atoms with Crippen LogP contribution in [0, 0.1) is 17.8 Å². The van der Waals surface area contributed by atoms with Crippen molar-refractivity contribution >= 4 is 82.7 Å². The number of carbonyl (C=O) groups is 12. The molecule has 33 heteroatoms. The molecule has 33 nitrogen and oxygen atoms in total. The predicted molar refractivity (Wildman–Crippen MR) is 399 cm³/mol. The quantitative estimate of drug-likeness (QED) is 0.00961. The van der Waals surface area contributed by atoms with Crippen molar-refractivity contribution in [2.24, 2.45) is 17.8 Å². The van der Waals surface area contributed by atoms with Crippen LogP contribution in [0.3, 0.4) is 0 Å². The number of aromatic hydroxyl groups is 1. The van der Waals surface area contributed by atoms with Crippen molar-refractivity contribution in [1.29, 1.82) is 0 Å². The molecule has 3 heterocycles. The number of anilines is 2. The number of phenolic OH excluding ortho intramolecular Hbond substituents is 1. The fraction of sp³-hybridized carbons (Fsp3) is 0.610. The number of nitrogens with two attached hydrogens (primary N) is 1. The number of nitrogens with zero attached hydrogens (tertiary/aromatic N) is 3. The molecule has 3 aliphatic rings. The van der Waals surface area contributed by atoms with E-state index in [0.29, 0.717) is 43.6 Å². The van der Waals surface area contributed by atoms with E-state index < -0.39 is 58.7 Å². The molecule has 0 bridgehead atoms. The summed E-state index contributed by atoms with van der Waals surface area (Å²) in [5.74, 6) is -4.92. The van der Waals surface area contributed by atoms with Gasteiger partial charge in [0, 0.05) is 42.5 Å². The van der Waals surface area contributed by atoms with Crippen LogP contribution in [0.2, 0.25) is 0 Å². The summed E-state index contributed by atoms with van der Waals surface area (Å²) < 4.78 is 70.5. The zero-order chi connectivity index (χ0) is 81.8. The van der Waals surface area contributed by atoms with Crippen molar-refractivity contribution < 1.29 is 129 Å². The Kier molecular flexibility index (Phi) is 43.8. The Morgan fingerprint density at radius 1 is 0.445 bits per heavy atom. The van der Waals surface area contributed by atoms with Gasteiger partial charge in [-0.2, -0.15) is 0 Å². The third kappa shape index (κ3) is 42.8. The minimum Gasteiger partial charge on any atom is -0.506 e. The second kappa shape index (κ2) is 50.7. The predicted octanol–water partition coefficient (Wildman–Crippen LogP) is 6.02. The molecule has 2 aromatic rings. The van der Waals surface area contributed by atoms with Gasteiger partial charge >= 0.3 is 30.0 Å². The van der Waals surface area contributed by atoms with Gasteiger partial charge in [0.2, 0.25) is 5.91 Å². The average molecular weight is 1560 g/mol. The van der Waals surface area contributed by atoms with E-state index in [1.165, 1.54) is 42.5 Å². The van der Waals surface area contributed by atoms with E-state index in [1.807, 2.05) is 33.8 Å². The minimum atomic E-state index is -0.894. The van der Waals surface area contributed by atoms with Crippen molar-refractivity contribution in [3.63, 3.8) is 0 Å². The summed E-state index contributed by atoms with van der Waals surface area (Å²) in [6.07, 6.45) is 8.41. The molecule has 0 aliphatic carbocycles. The van der Waals surface area contributed by atoms with Crippen LogP contribution in [0.5, 0.6) is 11.5 Å². The molecule has 4 atom stereocenters. The van der Waals surface area contributed by atoms with E-state index in [-0.39, 0.29) is 209 Å². The number of nitrogens with one attached hydrogen (secondary N) is 2. The number of carboxylic acids is 1. The van der Waals surface area contributed by atoms with Crippen LogP contribution in [0.15, 0.2) is 72.9 Å². The summed E-state index contributed by atoms with van der Waals surface area (Å²) in [4.78, 5) is 146. The van der Waals surface area contributed by atoms with Crippen LogP contribution in [0.1, 0.15) is 126 Å². The van der Waals surface area contributed by atoms with Gasteiger partial charge in [0.05, 0.1) is 181 Å². The molecule has 0 aromatic heterocycles. The lowest BCUT2D eigenvalue weighted by Gasteiger charge is -2.27. The molecule has 110 heavy (non-hydrogen) atoms. The summed E-state index contributed by atoms with van der Waals surface area (Å²) in [6.45, 7) is 26.4. The molecule has 2 unspecified atom stereocenters. The molecule has 0 fully saturated rings. The molecule has 8 amide bonds. The van der Waals surface area contributed by atoms with Gasteiger partial charge in [-0.15, -0.1) is 0 Å². The number of aliphatic carboxylic acids is 1.